The van der Waals surface area contributed by atoms with Crippen LogP contribution in [0.1, 0.15) is 30.2 Å². The van der Waals surface area contributed by atoms with Crippen LogP contribution in [0.15, 0.2) is 28.8 Å². The van der Waals surface area contributed by atoms with Crippen LogP contribution >= 0.6 is 0 Å². The van der Waals surface area contributed by atoms with Crippen LogP contribution in [0.4, 0.5) is 10.1 Å². The van der Waals surface area contributed by atoms with Crippen LogP contribution in [-0.2, 0) is 6.54 Å². The second kappa shape index (κ2) is 5.79. The molecule has 0 spiro atoms. The molecule has 1 heterocycles. The summed E-state index contributed by atoms with van der Waals surface area (Å²) in [6.07, 6.45) is 1.62. The number of benzene rings is 1. The van der Waals surface area contributed by atoms with Crippen LogP contribution in [0.5, 0.6) is 0 Å². The van der Waals surface area contributed by atoms with E-state index < -0.39 is 16.4 Å². The van der Waals surface area contributed by atoms with E-state index in [9.17, 15) is 14.5 Å². The number of nitro benzene ring substituents is 1. The fourth-order valence-corrected chi connectivity index (χ4v) is 1.74. The summed E-state index contributed by atoms with van der Waals surface area (Å²) in [6, 6.07) is 3.69. The number of nitrogens with one attached hydrogen (secondary N) is 1. The van der Waals surface area contributed by atoms with Gasteiger partial charge in [-0.25, -0.2) is 4.98 Å². The predicted molar refractivity (Wildman–Crippen MR) is 69.5 cm³/mol. The summed E-state index contributed by atoms with van der Waals surface area (Å²) >= 11 is 0. The van der Waals surface area contributed by atoms with E-state index in [-0.39, 0.29) is 6.04 Å². The van der Waals surface area contributed by atoms with Crippen molar-refractivity contribution in [2.24, 2.45) is 0 Å². The zero-order chi connectivity index (χ0) is 14.7. The number of hydrogen-bond donors (Lipinski definition) is 1. The third kappa shape index (κ3) is 3.18. The van der Waals surface area contributed by atoms with Crippen LogP contribution in [0.2, 0.25) is 0 Å². The third-order valence-electron chi connectivity index (χ3n) is 2.83. The second-order valence-electron chi connectivity index (χ2n) is 4.45. The summed E-state index contributed by atoms with van der Waals surface area (Å²) in [5.41, 5.74) is 0.0911. The summed E-state index contributed by atoms with van der Waals surface area (Å²) in [5, 5.41) is 13.6. The molecule has 0 aliphatic carbocycles. The van der Waals surface area contributed by atoms with Gasteiger partial charge < -0.3 is 9.73 Å². The van der Waals surface area contributed by atoms with E-state index in [1.807, 2.05) is 6.92 Å². The van der Waals surface area contributed by atoms with Crippen LogP contribution in [-0.4, -0.2) is 9.91 Å². The normalized spacial score (nSPS) is 12.3. The zero-order valence-corrected chi connectivity index (χ0v) is 11.1. The standard InChI is InChI=1S/C13H14FN3O3/c1-8-6-16-13(20-8)9(2)15-7-10-3-4-12(17(18)19)11(14)5-10/h3-6,9,15H,7H2,1-2H3. The highest BCUT2D eigenvalue weighted by molar-refractivity contribution is 5.34. The fourth-order valence-electron chi connectivity index (χ4n) is 1.74. The molecule has 0 saturated heterocycles. The lowest BCUT2D eigenvalue weighted by Crippen LogP contribution is -2.18. The minimum atomic E-state index is -0.839. The predicted octanol–water partition coefficient (Wildman–Crippen LogP) is 2.88. The molecular formula is C13H14FN3O3. The quantitative estimate of drug-likeness (QED) is 0.672. The van der Waals surface area contributed by atoms with Crippen molar-refractivity contribution in [1.29, 1.82) is 0 Å². The third-order valence-corrected chi connectivity index (χ3v) is 2.83. The van der Waals surface area contributed by atoms with Gasteiger partial charge in [0.05, 0.1) is 17.2 Å². The van der Waals surface area contributed by atoms with Crippen LogP contribution in [0.3, 0.4) is 0 Å². The molecule has 0 aliphatic heterocycles. The molecule has 0 amide bonds. The van der Waals surface area contributed by atoms with E-state index in [1.165, 1.54) is 6.07 Å². The van der Waals surface area contributed by atoms with Crippen molar-refractivity contribution in [3.8, 4) is 0 Å². The van der Waals surface area contributed by atoms with Gasteiger partial charge in [-0.15, -0.1) is 0 Å². The molecule has 1 unspecified atom stereocenters. The molecule has 1 aromatic heterocycles. The number of aryl methyl sites for hydroxylation is 1. The molecule has 0 fully saturated rings. The maximum atomic E-state index is 13.5. The van der Waals surface area contributed by atoms with E-state index in [0.717, 1.165) is 17.9 Å². The fraction of sp³-hybridized carbons (Fsp3) is 0.308. The van der Waals surface area contributed by atoms with E-state index in [4.69, 9.17) is 4.42 Å². The van der Waals surface area contributed by atoms with Gasteiger partial charge >= 0.3 is 5.69 Å². The van der Waals surface area contributed by atoms with Gasteiger partial charge in [-0.1, -0.05) is 6.07 Å². The molecule has 0 radical (unpaired) electrons. The van der Waals surface area contributed by atoms with Gasteiger partial charge in [0.25, 0.3) is 0 Å². The Morgan fingerprint density at radius 1 is 1.55 bits per heavy atom. The maximum Gasteiger partial charge on any atom is 0.304 e. The Balaban J connectivity index is 2.00. The molecule has 2 rings (SSSR count). The number of hydrogen-bond acceptors (Lipinski definition) is 5. The van der Waals surface area contributed by atoms with Gasteiger partial charge in [0.2, 0.25) is 11.7 Å². The highest BCUT2D eigenvalue weighted by Crippen LogP contribution is 2.19. The first kappa shape index (κ1) is 14.1. The van der Waals surface area contributed by atoms with Crippen molar-refractivity contribution < 1.29 is 13.7 Å². The monoisotopic (exact) mass is 279 g/mol. The Morgan fingerprint density at radius 3 is 2.85 bits per heavy atom. The van der Waals surface area contributed by atoms with Crippen molar-refractivity contribution in [3.05, 3.63) is 57.5 Å². The van der Waals surface area contributed by atoms with E-state index in [2.05, 4.69) is 10.3 Å². The molecule has 1 N–H and O–H groups in total. The van der Waals surface area contributed by atoms with E-state index in [0.29, 0.717) is 18.0 Å². The first-order chi connectivity index (χ1) is 9.47. The minimum Gasteiger partial charge on any atom is -0.444 e. The van der Waals surface area contributed by atoms with Gasteiger partial charge in [-0.3, -0.25) is 10.1 Å². The number of oxazole rings is 1. The van der Waals surface area contributed by atoms with E-state index >= 15 is 0 Å². The molecule has 0 bridgehead atoms. The molecule has 0 aliphatic rings. The largest absolute Gasteiger partial charge is 0.444 e. The molecule has 6 nitrogen and oxygen atoms in total. The molecule has 2 aromatic rings. The zero-order valence-electron chi connectivity index (χ0n) is 11.1. The topological polar surface area (TPSA) is 81.2 Å². The van der Waals surface area contributed by atoms with Crippen molar-refractivity contribution in [2.45, 2.75) is 26.4 Å². The minimum absolute atomic E-state index is 0.137. The summed E-state index contributed by atoms with van der Waals surface area (Å²) in [4.78, 5) is 13.9. The molecule has 1 atom stereocenters. The summed E-state index contributed by atoms with van der Waals surface area (Å²) in [7, 11) is 0. The smallest absolute Gasteiger partial charge is 0.304 e. The lowest BCUT2D eigenvalue weighted by Gasteiger charge is -2.10. The summed E-state index contributed by atoms with van der Waals surface area (Å²) in [5.74, 6) is 0.425. The Labute approximate surface area is 114 Å². The molecular weight excluding hydrogens is 265 g/mol. The van der Waals surface area contributed by atoms with Crippen molar-refractivity contribution >= 4 is 5.69 Å². The molecule has 20 heavy (non-hydrogen) atoms. The number of rotatable bonds is 5. The summed E-state index contributed by atoms with van der Waals surface area (Å²) in [6.45, 7) is 4.03. The molecule has 1 aromatic carbocycles. The highest BCUT2D eigenvalue weighted by atomic mass is 19.1. The number of aromatic nitrogens is 1. The maximum absolute atomic E-state index is 13.5. The van der Waals surface area contributed by atoms with Gasteiger partial charge in [0, 0.05) is 12.6 Å². The van der Waals surface area contributed by atoms with Gasteiger partial charge in [-0.05, 0) is 25.5 Å². The van der Waals surface area contributed by atoms with Crippen LogP contribution < -0.4 is 5.32 Å². The first-order valence-corrected chi connectivity index (χ1v) is 6.06. The van der Waals surface area contributed by atoms with E-state index in [1.54, 1.807) is 13.1 Å². The van der Waals surface area contributed by atoms with Crippen molar-refractivity contribution in [2.75, 3.05) is 0 Å². The average molecular weight is 279 g/mol. The second-order valence-corrected chi connectivity index (χ2v) is 4.45. The average Bonchev–Trinajstić information content (AvgIpc) is 2.82. The Hall–Kier alpha value is -2.28. The Kier molecular flexibility index (Phi) is 4.09. The summed E-state index contributed by atoms with van der Waals surface area (Å²) < 4.78 is 18.8. The molecule has 0 saturated carbocycles. The number of nitro groups is 1. The number of halogens is 1. The Bertz CT molecular complexity index is 627. The van der Waals surface area contributed by atoms with Crippen LogP contribution in [0.25, 0.3) is 0 Å². The van der Waals surface area contributed by atoms with Gasteiger partial charge in [0.15, 0.2) is 0 Å². The molecule has 106 valence electrons. The Morgan fingerprint density at radius 2 is 2.30 bits per heavy atom. The highest BCUT2D eigenvalue weighted by Gasteiger charge is 2.15. The SMILES string of the molecule is Cc1cnc(C(C)NCc2ccc([N+](=O)[O-])c(F)c2)o1. The lowest BCUT2D eigenvalue weighted by atomic mass is 10.2. The van der Waals surface area contributed by atoms with Crippen molar-refractivity contribution in [1.82, 2.24) is 10.3 Å². The van der Waals surface area contributed by atoms with Gasteiger partial charge in [0.1, 0.15) is 5.76 Å². The lowest BCUT2D eigenvalue weighted by molar-refractivity contribution is -0.387. The van der Waals surface area contributed by atoms with Crippen LogP contribution in [0, 0.1) is 22.9 Å². The van der Waals surface area contributed by atoms with Gasteiger partial charge in [-0.2, -0.15) is 4.39 Å². The number of nitrogens with zero attached hydrogens (tertiary/aromatic N) is 2. The first-order valence-electron chi connectivity index (χ1n) is 6.06. The van der Waals surface area contributed by atoms with Crippen molar-refractivity contribution in [3.63, 3.8) is 0 Å². The molecule has 7 heteroatoms.